The molecule has 0 fully saturated rings. The summed E-state index contributed by atoms with van der Waals surface area (Å²) < 4.78 is 3.77. The van der Waals surface area contributed by atoms with Crippen LogP contribution in [-0.2, 0) is 7.05 Å². The predicted molar refractivity (Wildman–Crippen MR) is 121 cm³/mol. The summed E-state index contributed by atoms with van der Waals surface area (Å²) in [5, 5.41) is 14.8. The predicted octanol–water partition coefficient (Wildman–Crippen LogP) is 4.89. The standard InChI is InChI=1S/C25H18N6/c1-30-23-10-6-5-9-22(23)28-25(30)19(16-26)15-20-17-31(21-7-3-2-4-8-21)29-24(20)18-11-13-27-14-12-18/h2-15,17H,1H3/b19-15+. The molecule has 5 aromatic rings. The third kappa shape index (κ3) is 3.38. The van der Waals surface area contributed by atoms with E-state index in [9.17, 15) is 5.26 Å². The molecule has 5 rings (SSSR count). The van der Waals surface area contributed by atoms with Gasteiger partial charge in [0.1, 0.15) is 11.8 Å². The smallest absolute Gasteiger partial charge is 0.151 e. The second kappa shape index (κ2) is 7.73. The fraction of sp³-hybridized carbons (Fsp3) is 0.0400. The maximum absolute atomic E-state index is 9.97. The molecule has 0 radical (unpaired) electrons. The molecule has 0 unspecified atom stereocenters. The van der Waals surface area contributed by atoms with E-state index in [4.69, 9.17) is 5.10 Å². The normalized spacial score (nSPS) is 11.5. The molecule has 0 bridgehead atoms. The second-order valence-corrected chi connectivity index (χ2v) is 7.10. The molecule has 0 saturated carbocycles. The van der Waals surface area contributed by atoms with Crippen molar-refractivity contribution in [3.63, 3.8) is 0 Å². The number of benzene rings is 2. The second-order valence-electron chi connectivity index (χ2n) is 7.10. The number of nitrogens with zero attached hydrogens (tertiary/aromatic N) is 6. The number of hydrogen-bond acceptors (Lipinski definition) is 4. The van der Waals surface area contributed by atoms with Crippen molar-refractivity contribution in [3.8, 4) is 23.0 Å². The fourth-order valence-electron chi connectivity index (χ4n) is 3.63. The Morgan fingerprint density at radius 2 is 1.71 bits per heavy atom. The number of pyridine rings is 1. The van der Waals surface area contributed by atoms with Gasteiger partial charge in [-0.15, -0.1) is 0 Å². The molecule has 0 atom stereocenters. The highest BCUT2D eigenvalue weighted by Gasteiger charge is 2.16. The third-order valence-corrected chi connectivity index (χ3v) is 5.17. The first-order valence-corrected chi connectivity index (χ1v) is 9.84. The molecule has 0 aliphatic heterocycles. The molecule has 31 heavy (non-hydrogen) atoms. The van der Waals surface area contributed by atoms with Gasteiger partial charge in [0.2, 0.25) is 0 Å². The molecular weight excluding hydrogens is 384 g/mol. The number of para-hydroxylation sites is 3. The number of fused-ring (bicyclic) bond motifs is 1. The number of aromatic nitrogens is 5. The number of nitriles is 1. The van der Waals surface area contributed by atoms with Crippen LogP contribution in [0.1, 0.15) is 11.4 Å². The lowest BCUT2D eigenvalue weighted by Gasteiger charge is -2.02. The molecule has 0 spiro atoms. The van der Waals surface area contributed by atoms with Crippen LogP contribution in [0.4, 0.5) is 0 Å². The zero-order valence-electron chi connectivity index (χ0n) is 16.8. The third-order valence-electron chi connectivity index (χ3n) is 5.17. The van der Waals surface area contributed by atoms with Gasteiger partial charge >= 0.3 is 0 Å². The lowest BCUT2D eigenvalue weighted by molar-refractivity contribution is 0.884. The minimum absolute atomic E-state index is 0.474. The van der Waals surface area contributed by atoms with Crippen molar-refractivity contribution in [1.82, 2.24) is 24.3 Å². The Balaban J connectivity index is 1.69. The largest absolute Gasteiger partial charge is 0.327 e. The zero-order valence-corrected chi connectivity index (χ0v) is 16.8. The maximum Gasteiger partial charge on any atom is 0.151 e. The van der Waals surface area contributed by atoms with E-state index in [1.807, 2.05) is 95.3 Å². The Bertz CT molecular complexity index is 1440. The van der Waals surface area contributed by atoms with E-state index in [1.165, 1.54) is 0 Å². The first kappa shape index (κ1) is 18.5. The van der Waals surface area contributed by atoms with Crippen molar-refractivity contribution in [2.75, 3.05) is 0 Å². The lowest BCUT2D eigenvalue weighted by Crippen LogP contribution is -1.96. The molecule has 0 amide bonds. The summed E-state index contributed by atoms with van der Waals surface area (Å²) in [6, 6.07) is 23.9. The summed E-state index contributed by atoms with van der Waals surface area (Å²) >= 11 is 0. The molecule has 3 aromatic heterocycles. The molecule has 6 heteroatoms. The van der Waals surface area contributed by atoms with Gasteiger partial charge in [0.05, 0.1) is 22.3 Å². The minimum Gasteiger partial charge on any atom is -0.327 e. The molecular formula is C25H18N6. The Hall–Kier alpha value is -4.50. The first-order chi connectivity index (χ1) is 15.2. The van der Waals surface area contributed by atoms with Crippen LogP contribution in [0.2, 0.25) is 0 Å². The van der Waals surface area contributed by atoms with E-state index < -0.39 is 0 Å². The highest BCUT2D eigenvalue weighted by Crippen LogP contribution is 2.28. The van der Waals surface area contributed by atoms with Crippen molar-refractivity contribution in [1.29, 1.82) is 5.26 Å². The van der Waals surface area contributed by atoms with Gasteiger partial charge in [0.15, 0.2) is 5.82 Å². The molecule has 3 heterocycles. The average molecular weight is 402 g/mol. The van der Waals surface area contributed by atoms with E-state index in [0.717, 1.165) is 33.5 Å². The summed E-state index contributed by atoms with van der Waals surface area (Å²) in [6.07, 6.45) is 7.26. The van der Waals surface area contributed by atoms with Gasteiger partial charge in [-0.3, -0.25) is 4.98 Å². The Kier molecular flexibility index (Phi) is 4.62. The molecule has 0 N–H and O–H groups in total. The van der Waals surface area contributed by atoms with Crippen LogP contribution in [0.15, 0.2) is 85.3 Å². The number of allylic oxidation sites excluding steroid dienone is 1. The minimum atomic E-state index is 0.474. The SMILES string of the molecule is Cn1c(/C(C#N)=C/c2cn(-c3ccccc3)nc2-c2ccncc2)nc2ccccc21. The maximum atomic E-state index is 9.97. The van der Waals surface area contributed by atoms with E-state index in [1.54, 1.807) is 12.4 Å². The summed E-state index contributed by atoms with van der Waals surface area (Å²) in [7, 11) is 1.92. The van der Waals surface area contributed by atoms with Gasteiger partial charge in [-0.1, -0.05) is 30.3 Å². The van der Waals surface area contributed by atoms with Gasteiger partial charge < -0.3 is 4.57 Å². The van der Waals surface area contributed by atoms with Crippen molar-refractivity contribution < 1.29 is 0 Å². The van der Waals surface area contributed by atoms with Crippen LogP contribution in [0.5, 0.6) is 0 Å². The van der Waals surface area contributed by atoms with E-state index in [-0.39, 0.29) is 0 Å². The van der Waals surface area contributed by atoms with Crippen molar-refractivity contribution in [3.05, 3.63) is 96.7 Å². The molecule has 2 aromatic carbocycles. The quantitative estimate of drug-likeness (QED) is 0.402. The number of rotatable bonds is 4. The summed E-state index contributed by atoms with van der Waals surface area (Å²) in [5.74, 6) is 0.622. The van der Waals surface area contributed by atoms with Crippen LogP contribution in [0, 0.1) is 11.3 Å². The molecule has 0 aliphatic carbocycles. The van der Waals surface area contributed by atoms with Gasteiger partial charge in [-0.05, 0) is 42.5 Å². The monoisotopic (exact) mass is 402 g/mol. The summed E-state index contributed by atoms with van der Waals surface area (Å²) in [5.41, 5.74) is 5.79. The lowest BCUT2D eigenvalue weighted by atomic mass is 10.1. The number of aryl methyl sites for hydroxylation is 1. The zero-order chi connectivity index (χ0) is 21.2. The van der Waals surface area contributed by atoms with Gasteiger partial charge in [0, 0.05) is 36.8 Å². The first-order valence-electron chi connectivity index (χ1n) is 9.84. The van der Waals surface area contributed by atoms with E-state index >= 15 is 0 Å². The highest BCUT2D eigenvalue weighted by atomic mass is 15.3. The number of hydrogen-bond donors (Lipinski definition) is 0. The van der Waals surface area contributed by atoms with Crippen LogP contribution in [-0.4, -0.2) is 24.3 Å². The number of imidazole rings is 1. The van der Waals surface area contributed by atoms with Crippen LogP contribution >= 0.6 is 0 Å². The topological polar surface area (TPSA) is 72.3 Å². The fourth-order valence-corrected chi connectivity index (χ4v) is 3.63. The summed E-state index contributed by atoms with van der Waals surface area (Å²) in [4.78, 5) is 8.79. The van der Waals surface area contributed by atoms with Crippen LogP contribution in [0.3, 0.4) is 0 Å². The average Bonchev–Trinajstić information content (AvgIpc) is 3.40. The Labute approximate surface area is 179 Å². The van der Waals surface area contributed by atoms with E-state index in [2.05, 4.69) is 16.0 Å². The van der Waals surface area contributed by atoms with Crippen molar-refractivity contribution >= 4 is 22.7 Å². The van der Waals surface area contributed by atoms with Gasteiger partial charge in [-0.2, -0.15) is 10.4 Å². The molecule has 0 saturated heterocycles. The van der Waals surface area contributed by atoms with Crippen molar-refractivity contribution in [2.45, 2.75) is 0 Å². The highest BCUT2D eigenvalue weighted by molar-refractivity contribution is 5.93. The van der Waals surface area contributed by atoms with Gasteiger partial charge in [-0.25, -0.2) is 9.67 Å². The molecule has 6 nitrogen and oxygen atoms in total. The Morgan fingerprint density at radius 3 is 2.45 bits per heavy atom. The Morgan fingerprint density at radius 1 is 0.968 bits per heavy atom. The van der Waals surface area contributed by atoms with Crippen LogP contribution < -0.4 is 0 Å². The van der Waals surface area contributed by atoms with Crippen LogP contribution in [0.25, 0.3) is 39.6 Å². The molecule has 0 aliphatic rings. The van der Waals surface area contributed by atoms with Crippen molar-refractivity contribution in [2.24, 2.45) is 7.05 Å². The summed E-state index contributed by atoms with van der Waals surface area (Å²) in [6.45, 7) is 0. The van der Waals surface area contributed by atoms with E-state index in [0.29, 0.717) is 11.4 Å². The molecule has 148 valence electrons. The van der Waals surface area contributed by atoms with Gasteiger partial charge in [0.25, 0.3) is 0 Å².